The molecular weight excluding hydrogens is 317 g/mol. The van der Waals surface area contributed by atoms with Crippen LogP contribution in [0.5, 0.6) is 11.6 Å². The molecule has 0 atom stereocenters. The Morgan fingerprint density at radius 1 is 1.12 bits per heavy atom. The van der Waals surface area contributed by atoms with Gasteiger partial charge < -0.3 is 16.2 Å². The van der Waals surface area contributed by atoms with E-state index < -0.39 is 0 Å². The second-order valence-electron chi connectivity index (χ2n) is 3.18. The molecule has 0 saturated heterocycles. The maximum atomic E-state index is 5.59. The molecule has 4 N–H and O–H groups in total. The molecule has 0 radical (unpaired) electrons. The molecule has 0 aliphatic carbocycles. The standard InChI is InChI=1S/C11H10IN3O/c12-7-2-1-3-8(6-7)16-10-5-4-9(13)11(14)15-10/h1-6H,13H2,(H2,14,15). The lowest BCUT2D eigenvalue weighted by atomic mass is 10.3. The van der Waals surface area contributed by atoms with Crippen LogP contribution in [0.1, 0.15) is 0 Å². The largest absolute Gasteiger partial charge is 0.439 e. The number of pyridine rings is 1. The number of nitrogens with zero attached hydrogens (tertiary/aromatic N) is 1. The Bertz CT molecular complexity index is 516. The molecule has 0 amide bonds. The smallest absolute Gasteiger partial charge is 0.221 e. The molecule has 0 aliphatic heterocycles. The van der Waals surface area contributed by atoms with Crippen LogP contribution in [0, 0.1) is 3.57 Å². The first-order valence-corrected chi connectivity index (χ1v) is 5.68. The third-order valence-corrected chi connectivity index (χ3v) is 2.62. The first kappa shape index (κ1) is 11.0. The number of hydrogen-bond acceptors (Lipinski definition) is 4. The summed E-state index contributed by atoms with van der Waals surface area (Å²) in [5, 5.41) is 0. The van der Waals surface area contributed by atoms with Crippen molar-refractivity contribution in [3.8, 4) is 11.6 Å². The SMILES string of the molecule is Nc1ccc(Oc2cccc(I)c2)nc1N. The Kier molecular flexibility index (Phi) is 3.14. The van der Waals surface area contributed by atoms with Crippen molar-refractivity contribution in [3.05, 3.63) is 40.0 Å². The monoisotopic (exact) mass is 327 g/mol. The van der Waals surface area contributed by atoms with Crippen molar-refractivity contribution in [1.29, 1.82) is 0 Å². The van der Waals surface area contributed by atoms with Gasteiger partial charge in [-0.25, -0.2) is 0 Å². The van der Waals surface area contributed by atoms with Gasteiger partial charge >= 0.3 is 0 Å². The second kappa shape index (κ2) is 4.56. The molecule has 2 rings (SSSR count). The van der Waals surface area contributed by atoms with Crippen LogP contribution in [0.15, 0.2) is 36.4 Å². The van der Waals surface area contributed by atoms with Gasteiger partial charge in [-0.05, 0) is 46.9 Å². The Hall–Kier alpha value is -1.50. The number of nitrogen functional groups attached to an aromatic ring is 2. The summed E-state index contributed by atoms with van der Waals surface area (Å²) in [7, 11) is 0. The van der Waals surface area contributed by atoms with E-state index in [9.17, 15) is 0 Å². The van der Waals surface area contributed by atoms with Gasteiger partial charge in [0.25, 0.3) is 0 Å². The average Bonchev–Trinajstić information content (AvgIpc) is 2.24. The Balaban J connectivity index is 2.24. The van der Waals surface area contributed by atoms with Crippen LogP contribution in [-0.4, -0.2) is 4.98 Å². The van der Waals surface area contributed by atoms with Crippen LogP contribution in [0.3, 0.4) is 0 Å². The minimum atomic E-state index is 0.281. The van der Waals surface area contributed by atoms with E-state index in [1.807, 2.05) is 24.3 Å². The lowest BCUT2D eigenvalue weighted by molar-refractivity contribution is 0.463. The molecule has 1 heterocycles. The lowest BCUT2D eigenvalue weighted by Crippen LogP contribution is -1.98. The fraction of sp³-hybridized carbons (Fsp3) is 0. The highest BCUT2D eigenvalue weighted by atomic mass is 127. The zero-order chi connectivity index (χ0) is 11.5. The van der Waals surface area contributed by atoms with Gasteiger partial charge in [-0.2, -0.15) is 4.98 Å². The van der Waals surface area contributed by atoms with Gasteiger partial charge in [-0.1, -0.05) is 6.07 Å². The van der Waals surface area contributed by atoms with Crippen LogP contribution < -0.4 is 16.2 Å². The van der Waals surface area contributed by atoms with E-state index >= 15 is 0 Å². The maximum Gasteiger partial charge on any atom is 0.221 e. The number of anilines is 2. The normalized spacial score (nSPS) is 10.1. The van der Waals surface area contributed by atoms with E-state index in [0.717, 1.165) is 9.32 Å². The molecule has 0 aliphatic rings. The van der Waals surface area contributed by atoms with Gasteiger partial charge in [0, 0.05) is 9.64 Å². The molecule has 0 unspecified atom stereocenters. The molecule has 82 valence electrons. The lowest BCUT2D eigenvalue weighted by Gasteiger charge is -2.06. The van der Waals surface area contributed by atoms with E-state index in [1.54, 1.807) is 12.1 Å². The molecule has 16 heavy (non-hydrogen) atoms. The Morgan fingerprint density at radius 2 is 1.94 bits per heavy atom. The number of nitrogens with two attached hydrogens (primary N) is 2. The van der Waals surface area contributed by atoms with E-state index in [0.29, 0.717) is 11.6 Å². The number of halogens is 1. The Labute approximate surface area is 107 Å². The number of rotatable bonds is 2. The van der Waals surface area contributed by atoms with Gasteiger partial charge in [0.2, 0.25) is 5.88 Å². The zero-order valence-electron chi connectivity index (χ0n) is 8.35. The van der Waals surface area contributed by atoms with E-state index in [-0.39, 0.29) is 5.82 Å². The van der Waals surface area contributed by atoms with Gasteiger partial charge in [0.05, 0.1) is 5.69 Å². The number of aromatic nitrogens is 1. The van der Waals surface area contributed by atoms with Crippen LogP contribution in [0.25, 0.3) is 0 Å². The van der Waals surface area contributed by atoms with E-state index in [4.69, 9.17) is 16.2 Å². The minimum Gasteiger partial charge on any atom is -0.439 e. The summed E-state index contributed by atoms with van der Waals surface area (Å²) in [5.74, 6) is 1.44. The van der Waals surface area contributed by atoms with Gasteiger partial charge in [0.15, 0.2) is 5.82 Å². The molecule has 0 fully saturated rings. The summed E-state index contributed by atoms with van der Waals surface area (Å²) in [4.78, 5) is 4.03. The van der Waals surface area contributed by atoms with Crippen molar-refractivity contribution in [2.24, 2.45) is 0 Å². The number of hydrogen-bond donors (Lipinski definition) is 2. The maximum absolute atomic E-state index is 5.59. The summed E-state index contributed by atoms with van der Waals surface area (Å²) in [6, 6.07) is 11.0. The van der Waals surface area contributed by atoms with Crippen molar-refractivity contribution in [3.63, 3.8) is 0 Å². The highest BCUT2D eigenvalue weighted by Gasteiger charge is 2.02. The number of benzene rings is 1. The summed E-state index contributed by atoms with van der Waals surface area (Å²) in [6.07, 6.45) is 0. The van der Waals surface area contributed by atoms with Crippen LogP contribution in [-0.2, 0) is 0 Å². The molecule has 5 heteroatoms. The summed E-state index contributed by atoms with van der Waals surface area (Å²) in [5.41, 5.74) is 11.6. The van der Waals surface area contributed by atoms with Crippen molar-refractivity contribution in [2.45, 2.75) is 0 Å². The molecule has 1 aromatic carbocycles. The summed E-state index contributed by atoms with van der Waals surface area (Å²) < 4.78 is 6.64. The number of ether oxygens (including phenoxy) is 1. The third-order valence-electron chi connectivity index (χ3n) is 1.95. The van der Waals surface area contributed by atoms with Crippen molar-refractivity contribution in [1.82, 2.24) is 4.98 Å². The van der Waals surface area contributed by atoms with Crippen LogP contribution in [0.2, 0.25) is 0 Å². The molecular formula is C11H10IN3O. The highest BCUT2D eigenvalue weighted by molar-refractivity contribution is 14.1. The van der Waals surface area contributed by atoms with Gasteiger partial charge in [-0.15, -0.1) is 0 Å². The van der Waals surface area contributed by atoms with Crippen LogP contribution in [0.4, 0.5) is 11.5 Å². The summed E-state index contributed by atoms with van der Waals surface area (Å²) in [6.45, 7) is 0. The quantitative estimate of drug-likeness (QED) is 0.832. The van der Waals surface area contributed by atoms with E-state index in [2.05, 4.69) is 27.6 Å². The molecule has 0 bridgehead atoms. The van der Waals surface area contributed by atoms with Crippen molar-refractivity contribution in [2.75, 3.05) is 11.5 Å². The van der Waals surface area contributed by atoms with Crippen molar-refractivity contribution < 1.29 is 4.74 Å². The Morgan fingerprint density at radius 3 is 2.62 bits per heavy atom. The van der Waals surface area contributed by atoms with Crippen molar-refractivity contribution >= 4 is 34.1 Å². The highest BCUT2D eigenvalue weighted by Crippen LogP contribution is 2.23. The fourth-order valence-corrected chi connectivity index (χ4v) is 1.69. The van der Waals surface area contributed by atoms with E-state index in [1.165, 1.54) is 0 Å². The molecule has 0 saturated carbocycles. The zero-order valence-corrected chi connectivity index (χ0v) is 10.5. The first-order chi connectivity index (χ1) is 7.65. The first-order valence-electron chi connectivity index (χ1n) is 4.60. The van der Waals surface area contributed by atoms with Crippen LogP contribution >= 0.6 is 22.6 Å². The topological polar surface area (TPSA) is 74.2 Å². The molecule has 1 aromatic heterocycles. The fourth-order valence-electron chi connectivity index (χ4n) is 1.18. The molecule has 4 nitrogen and oxygen atoms in total. The average molecular weight is 327 g/mol. The third kappa shape index (κ3) is 2.54. The molecule has 0 spiro atoms. The predicted molar refractivity (Wildman–Crippen MR) is 72.3 cm³/mol. The van der Waals surface area contributed by atoms with Gasteiger partial charge in [0.1, 0.15) is 5.75 Å². The minimum absolute atomic E-state index is 0.281. The summed E-state index contributed by atoms with van der Waals surface area (Å²) >= 11 is 2.22. The second-order valence-corrected chi connectivity index (χ2v) is 4.43. The predicted octanol–water partition coefficient (Wildman–Crippen LogP) is 2.64. The van der Waals surface area contributed by atoms with Gasteiger partial charge in [-0.3, -0.25) is 0 Å². The molecule has 2 aromatic rings.